The van der Waals surface area contributed by atoms with Crippen molar-refractivity contribution < 1.29 is 22.7 Å². The summed E-state index contributed by atoms with van der Waals surface area (Å²) in [4.78, 5) is 23.6. The first-order valence-electron chi connectivity index (χ1n) is 6.57. The normalized spacial score (nSPS) is 11.3. The number of rotatable bonds is 5. The first-order chi connectivity index (χ1) is 9.95. The number of ether oxygens (including phenoxy) is 1. The van der Waals surface area contributed by atoms with E-state index in [-0.39, 0.29) is 35.2 Å². The molecule has 1 aromatic rings. The maximum atomic E-state index is 11.9. The van der Waals surface area contributed by atoms with E-state index in [2.05, 4.69) is 5.32 Å². The predicted molar refractivity (Wildman–Crippen MR) is 89.7 cm³/mol. The molecule has 0 aliphatic rings. The molecule has 1 rings (SSSR count). The topological polar surface area (TPSA) is 116 Å². The molecule has 130 valence electrons. The van der Waals surface area contributed by atoms with Gasteiger partial charge in [-0.1, -0.05) is 0 Å². The maximum Gasteiger partial charge on any atom is 0.338 e. The van der Waals surface area contributed by atoms with E-state index in [0.29, 0.717) is 0 Å². The summed E-state index contributed by atoms with van der Waals surface area (Å²) >= 11 is 0. The molecule has 0 heterocycles. The van der Waals surface area contributed by atoms with Crippen molar-refractivity contribution in [2.45, 2.75) is 31.2 Å². The molecule has 1 amide bonds. The summed E-state index contributed by atoms with van der Waals surface area (Å²) in [6.45, 7) is 4.81. The number of sulfone groups is 1. The van der Waals surface area contributed by atoms with Crippen LogP contribution in [0, 0.1) is 0 Å². The van der Waals surface area contributed by atoms with Crippen LogP contribution in [0.25, 0.3) is 0 Å². The van der Waals surface area contributed by atoms with Gasteiger partial charge in [-0.3, -0.25) is 4.79 Å². The number of nitrogens with one attached hydrogen (secondary N) is 1. The summed E-state index contributed by atoms with van der Waals surface area (Å²) in [5, 5.41) is 2.50. The first kappa shape index (κ1) is 21.4. The zero-order valence-corrected chi connectivity index (χ0v) is 15.0. The Morgan fingerprint density at radius 3 is 2.26 bits per heavy atom. The maximum absolute atomic E-state index is 11.9. The summed E-state index contributed by atoms with van der Waals surface area (Å²) in [5.74, 6) is -1.18. The number of esters is 1. The zero-order valence-electron chi connectivity index (χ0n) is 13.4. The first-order valence-corrected chi connectivity index (χ1v) is 8.47. The van der Waals surface area contributed by atoms with Crippen LogP contribution in [0.15, 0.2) is 23.1 Å². The van der Waals surface area contributed by atoms with Gasteiger partial charge in [0.25, 0.3) is 0 Å². The lowest BCUT2D eigenvalue weighted by Gasteiger charge is -2.18. The van der Waals surface area contributed by atoms with E-state index in [1.54, 1.807) is 6.92 Å². The van der Waals surface area contributed by atoms with Gasteiger partial charge in [0, 0.05) is 11.9 Å². The second kappa shape index (κ2) is 7.76. The van der Waals surface area contributed by atoms with Gasteiger partial charge in [-0.25, -0.2) is 13.2 Å². The van der Waals surface area contributed by atoms with Crippen LogP contribution in [-0.2, 0) is 19.4 Å². The van der Waals surface area contributed by atoms with Crippen molar-refractivity contribution >= 4 is 39.8 Å². The van der Waals surface area contributed by atoms with E-state index in [1.165, 1.54) is 32.0 Å². The molecule has 3 N–H and O–H groups in total. The van der Waals surface area contributed by atoms with Crippen LogP contribution in [0.5, 0.6) is 0 Å². The molecule has 0 unspecified atom stereocenters. The summed E-state index contributed by atoms with van der Waals surface area (Å²) in [6.07, 6.45) is 1.01. The number of halogens is 1. The van der Waals surface area contributed by atoms with Crippen molar-refractivity contribution in [2.24, 2.45) is 5.73 Å². The lowest BCUT2D eigenvalue weighted by atomic mass is 10.1. The summed E-state index contributed by atoms with van der Waals surface area (Å²) in [7, 11) is -3.56. The van der Waals surface area contributed by atoms with Crippen molar-refractivity contribution in [3.63, 3.8) is 0 Å². The Balaban J connectivity index is 0.00000484. The SMILES string of the molecule is CCOC(=O)c1cc(NC(=O)C(C)(C)N)cc(S(C)(=O)=O)c1.Cl. The van der Waals surface area contributed by atoms with Crippen LogP contribution >= 0.6 is 12.4 Å². The third kappa shape index (κ3) is 6.17. The Hall–Kier alpha value is -1.64. The molecule has 23 heavy (non-hydrogen) atoms. The average molecular weight is 365 g/mol. The third-order valence-corrected chi connectivity index (χ3v) is 3.78. The van der Waals surface area contributed by atoms with Gasteiger partial charge >= 0.3 is 5.97 Å². The van der Waals surface area contributed by atoms with Crippen LogP contribution in [0.4, 0.5) is 5.69 Å². The van der Waals surface area contributed by atoms with Crippen molar-refractivity contribution in [2.75, 3.05) is 18.2 Å². The smallest absolute Gasteiger partial charge is 0.338 e. The van der Waals surface area contributed by atoms with Gasteiger partial charge < -0.3 is 15.8 Å². The van der Waals surface area contributed by atoms with Gasteiger partial charge in [-0.2, -0.15) is 0 Å². The summed E-state index contributed by atoms with van der Waals surface area (Å²) in [5.41, 5.74) is 4.73. The van der Waals surface area contributed by atoms with Crippen LogP contribution < -0.4 is 11.1 Å². The quantitative estimate of drug-likeness (QED) is 0.762. The summed E-state index contributed by atoms with van der Waals surface area (Å²) in [6, 6.07) is 3.81. The number of anilines is 1. The van der Waals surface area contributed by atoms with E-state index >= 15 is 0 Å². The Morgan fingerprint density at radius 1 is 1.26 bits per heavy atom. The molecule has 0 aliphatic heterocycles. The molecule has 0 aliphatic carbocycles. The van der Waals surface area contributed by atoms with Gasteiger partial charge in [0.05, 0.1) is 22.6 Å². The molecule has 0 spiro atoms. The van der Waals surface area contributed by atoms with E-state index in [4.69, 9.17) is 10.5 Å². The van der Waals surface area contributed by atoms with Crippen molar-refractivity contribution in [1.82, 2.24) is 0 Å². The zero-order chi connectivity index (χ0) is 17.1. The fourth-order valence-corrected chi connectivity index (χ4v) is 2.19. The van der Waals surface area contributed by atoms with Crippen molar-refractivity contribution in [3.8, 4) is 0 Å². The van der Waals surface area contributed by atoms with Gasteiger partial charge in [-0.05, 0) is 39.0 Å². The molecule has 0 saturated heterocycles. The molecule has 0 saturated carbocycles. The second-order valence-corrected chi connectivity index (χ2v) is 7.43. The number of benzene rings is 1. The standard InChI is InChI=1S/C14H20N2O5S.ClH/c1-5-21-12(17)9-6-10(16-13(18)14(2,3)15)8-11(7-9)22(4,19)20;/h6-8H,5,15H2,1-4H3,(H,16,18);1H. The molecule has 9 heteroatoms. The van der Waals surface area contributed by atoms with Crippen LogP contribution in [0.1, 0.15) is 31.1 Å². The molecule has 1 aromatic carbocycles. The molecule has 0 aromatic heterocycles. The largest absolute Gasteiger partial charge is 0.462 e. The number of carbonyl (C=O) groups excluding carboxylic acids is 2. The highest BCUT2D eigenvalue weighted by Crippen LogP contribution is 2.20. The Bertz CT molecular complexity index is 696. The lowest BCUT2D eigenvalue weighted by Crippen LogP contribution is -2.45. The van der Waals surface area contributed by atoms with E-state index < -0.39 is 27.3 Å². The number of carbonyl (C=O) groups is 2. The van der Waals surface area contributed by atoms with E-state index in [1.807, 2.05) is 0 Å². The fourth-order valence-electron chi connectivity index (χ4n) is 1.51. The number of amides is 1. The van der Waals surface area contributed by atoms with E-state index in [0.717, 1.165) is 6.26 Å². The number of nitrogens with two attached hydrogens (primary N) is 1. The molecular formula is C14H21ClN2O5S. The number of hydrogen-bond acceptors (Lipinski definition) is 6. The molecule has 0 radical (unpaired) electrons. The minimum Gasteiger partial charge on any atom is -0.462 e. The highest BCUT2D eigenvalue weighted by Gasteiger charge is 2.23. The minimum atomic E-state index is -3.56. The molecule has 7 nitrogen and oxygen atoms in total. The molecule has 0 fully saturated rings. The summed E-state index contributed by atoms with van der Waals surface area (Å²) < 4.78 is 28.3. The lowest BCUT2D eigenvalue weighted by molar-refractivity contribution is -0.120. The molecule has 0 atom stereocenters. The predicted octanol–water partition coefficient (Wildman–Crippen LogP) is 1.36. The highest BCUT2D eigenvalue weighted by molar-refractivity contribution is 7.90. The van der Waals surface area contributed by atoms with Crippen molar-refractivity contribution in [3.05, 3.63) is 23.8 Å². The van der Waals surface area contributed by atoms with Crippen LogP contribution in [-0.4, -0.2) is 38.7 Å². The van der Waals surface area contributed by atoms with Gasteiger partial charge in [0.1, 0.15) is 0 Å². The van der Waals surface area contributed by atoms with Gasteiger partial charge in [-0.15, -0.1) is 12.4 Å². The molecule has 0 bridgehead atoms. The van der Waals surface area contributed by atoms with Crippen molar-refractivity contribution in [1.29, 1.82) is 0 Å². The fraction of sp³-hybridized carbons (Fsp3) is 0.429. The Morgan fingerprint density at radius 2 is 1.83 bits per heavy atom. The second-order valence-electron chi connectivity index (χ2n) is 5.41. The molecular weight excluding hydrogens is 344 g/mol. The highest BCUT2D eigenvalue weighted by atomic mass is 35.5. The van der Waals surface area contributed by atoms with Gasteiger partial charge in [0.2, 0.25) is 5.91 Å². The number of hydrogen-bond donors (Lipinski definition) is 2. The average Bonchev–Trinajstić information content (AvgIpc) is 2.36. The van der Waals surface area contributed by atoms with Crippen LogP contribution in [0.2, 0.25) is 0 Å². The van der Waals surface area contributed by atoms with Crippen LogP contribution in [0.3, 0.4) is 0 Å². The Labute approximate surface area is 141 Å². The van der Waals surface area contributed by atoms with E-state index in [9.17, 15) is 18.0 Å². The third-order valence-electron chi connectivity index (χ3n) is 2.69. The monoisotopic (exact) mass is 364 g/mol. The van der Waals surface area contributed by atoms with Gasteiger partial charge in [0.15, 0.2) is 9.84 Å². The minimum absolute atomic E-state index is 0. The Kier molecular flexibility index (Phi) is 7.21.